The van der Waals surface area contributed by atoms with Crippen LogP contribution in [-0.4, -0.2) is 27.0 Å². The van der Waals surface area contributed by atoms with Gasteiger partial charge in [-0.3, -0.25) is 9.78 Å². The maximum absolute atomic E-state index is 12.5. The van der Waals surface area contributed by atoms with Crippen LogP contribution in [0.15, 0.2) is 55.0 Å². The lowest BCUT2D eigenvalue weighted by Gasteiger charge is -2.14. The maximum Gasteiger partial charge on any atom is 0.352 e. The van der Waals surface area contributed by atoms with Gasteiger partial charge in [0.05, 0.1) is 0 Å². The SMILES string of the molecule is CC(N)c1ccc(C(=O)Nc2ccncc2)cc1-c1c[nH]c(C(=O)O)c1. The number of H-pyrrole nitrogens is 1. The molecule has 1 atom stereocenters. The van der Waals surface area contributed by atoms with Gasteiger partial charge >= 0.3 is 5.97 Å². The number of hydrogen-bond donors (Lipinski definition) is 4. The van der Waals surface area contributed by atoms with Crippen molar-refractivity contribution in [3.8, 4) is 11.1 Å². The number of carbonyl (C=O) groups is 2. The third-order valence-corrected chi connectivity index (χ3v) is 3.97. The predicted octanol–water partition coefficient (Wildman–Crippen LogP) is 3.05. The minimum absolute atomic E-state index is 0.0715. The number of rotatable bonds is 5. The summed E-state index contributed by atoms with van der Waals surface area (Å²) < 4.78 is 0. The van der Waals surface area contributed by atoms with Gasteiger partial charge in [0.1, 0.15) is 5.69 Å². The molecule has 3 rings (SSSR count). The number of nitrogens with zero attached hydrogens (tertiary/aromatic N) is 1. The molecule has 0 saturated heterocycles. The van der Waals surface area contributed by atoms with E-state index in [0.29, 0.717) is 22.4 Å². The number of anilines is 1. The molecule has 7 nitrogen and oxygen atoms in total. The smallest absolute Gasteiger partial charge is 0.352 e. The minimum atomic E-state index is -1.05. The van der Waals surface area contributed by atoms with Crippen LogP contribution in [0.25, 0.3) is 11.1 Å². The first-order valence-electron chi connectivity index (χ1n) is 7.98. The lowest BCUT2D eigenvalue weighted by atomic mass is 9.95. The highest BCUT2D eigenvalue weighted by atomic mass is 16.4. The zero-order chi connectivity index (χ0) is 18.7. The van der Waals surface area contributed by atoms with E-state index in [-0.39, 0.29) is 17.6 Å². The summed E-state index contributed by atoms with van der Waals surface area (Å²) in [5.74, 6) is -1.33. The van der Waals surface area contributed by atoms with E-state index in [1.54, 1.807) is 48.9 Å². The first-order chi connectivity index (χ1) is 12.5. The summed E-state index contributed by atoms with van der Waals surface area (Å²) in [4.78, 5) is 30.3. The van der Waals surface area contributed by atoms with Gasteiger partial charge < -0.3 is 21.1 Å². The molecular weight excluding hydrogens is 332 g/mol. The number of aromatic carboxylic acids is 1. The molecule has 0 bridgehead atoms. The number of carbonyl (C=O) groups excluding carboxylic acids is 1. The number of hydrogen-bond acceptors (Lipinski definition) is 4. The fourth-order valence-electron chi connectivity index (χ4n) is 2.66. The molecule has 0 fully saturated rings. The predicted molar refractivity (Wildman–Crippen MR) is 98.0 cm³/mol. The van der Waals surface area contributed by atoms with Crippen molar-refractivity contribution in [3.05, 3.63) is 71.8 Å². The molecular formula is C19H18N4O3. The van der Waals surface area contributed by atoms with Gasteiger partial charge in [-0.05, 0) is 48.4 Å². The van der Waals surface area contributed by atoms with Crippen LogP contribution in [0.4, 0.5) is 5.69 Å². The van der Waals surface area contributed by atoms with Gasteiger partial charge in [0.15, 0.2) is 0 Å². The van der Waals surface area contributed by atoms with Crippen LogP contribution in [0.3, 0.4) is 0 Å². The number of carboxylic acid groups (broad SMARTS) is 1. The summed E-state index contributed by atoms with van der Waals surface area (Å²) in [7, 11) is 0. The zero-order valence-corrected chi connectivity index (χ0v) is 14.1. The minimum Gasteiger partial charge on any atom is -0.477 e. The highest BCUT2D eigenvalue weighted by Gasteiger charge is 2.16. The van der Waals surface area contributed by atoms with Gasteiger partial charge in [0.2, 0.25) is 0 Å². The molecule has 1 unspecified atom stereocenters. The van der Waals surface area contributed by atoms with Crippen molar-refractivity contribution in [3.63, 3.8) is 0 Å². The number of benzene rings is 1. The topological polar surface area (TPSA) is 121 Å². The average Bonchev–Trinajstić information content (AvgIpc) is 3.12. The molecule has 132 valence electrons. The molecule has 7 heteroatoms. The van der Waals surface area contributed by atoms with Gasteiger partial charge in [-0.25, -0.2) is 4.79 Å². The summed E-state index contributed by atoms with van der Waals surface area (Å²) in [5.41, 5.74) is 9.38. The zero-order valence-electron chi connectivity index (χ0n) is 14.1. The van der Waals surface area contributed by atoms with Crippen LogP contribution in [-0.2, 0) is 0 Å². The fraction of sp³-hybridized carbons (Fsp3) is 0.105. The molecule has 0 aliphatic heterocycles. The molecule has 26 heavy (non-hydrogen) atoms. The summed E-state index contributed by atoms with van der Waals surface area (Å²) >= 11 is 0. The largest absolute Gasteiger partial charge is 0.477 e. The van der Waals surface area contributed by atoms with Gasteiger partial charge in [0.25, 0.3) is 5.91 Å². The van der Waals surface area contributed by atoms with Crippen molar-refractivity contribution in [2.24, 2.45) is 5.73 Å². The number of aromatic amines is 1. The van der Waals surface area contributed by atoms with Gasteiger partial charge in [-0.2, -0.15) is 0 Å². The molecule has 0 radical (unpaired) electrons. The number of amides is 1. The highest BCUT2D eigenvalue weighted by molar-refractivity contribution is 6.05. The molecule has 1 aromatic carbocycles. The van der Waals surface area contributed by atoms with Crippen LogP contribution in [0.5, 0.6) is 0 Å². The van der Waals surface area contributed by atoms with Crippen LogP contribution in [0.2, 0.25) is 0 Å². The average molecular weight is 350 g/mol. The molecule has 0 spiro atoms. The normalized spacial score (nSPS) is 11.8. The molecule has 0 aliphatic carbocycles. The second-order valence-corrected chi connectivity index (χ2v) is 5.89. The van der Waals surface area contributed by atoms with Crippen LogP contribution in [0, 0.1) is 0 Å². The number of nitrogens with one attached hydrogen (secondary N) is 2. The van der Waals surface area contributed by atoms with E-state index < -0.39 is 5.97 Å². The van der Waals surface area contributed by atoms with Crippen LogP contribution in [0.1, 0.15) is 39.4 Å². The molecule has 2 heterocycles. The lowest BCUT2D eigenvalue weighted by molar-refractivity contribution is 0.0691. The van der Waals surface area contributed by atoms with E-state index in [9.17, 15) is 9.59 Å². The molecule has 1 amide bonds. The van der Waals surface area contributed by atoms with E-state index >= 15 is 0 Å². The molecule has 0 saturated carbocycles. The highest BCUT2D eigenvalue weighted by Crippen LogP contribution is 2.29. The van der Waals surface area contributed by atoms with Crippen molar-refractivity contribution < 1.29 is 14.7 Å². The molecule has 2 aromatic heterocycles. The van der Waals surface area contributed by atoms with E-state index in [4.69, 9.17) is 10.8 Å². The van der Waals surface area contributed by atoms with Crippen LogP contribution >= 0.6 is 0 Å². The quantitative estimate of drug-likeness (QED) is 0.563. The first-order valence-corrected chi connectivity index (χ1v) is 7.98. The third kappa shape index (κ3) is 3.62. The molecule has 3 aromatic rings. The number of carboxylic acids is 1. The van der Waals surface area contributed by atoms with Gasteiger partial charge in [-0.15, -0.1) is 0 Å². The Labute approximate surface area is 149 Å². The van der Waals surface area contributed by atoms with E-state index in [1.165, 1.54) is 6.07 Å². The second kappa shape index (κ2) is 7.20. The summed E-state index contributed by atoms with van der Waals surface area (Å²) in [6.45, 7) is 1.83. The van der Waals surface area contributed by atoms with Gasteiger partial charge in [0, 0.05) is 41.4 Å². The first kappa shape index (κ1) is 17.4. The van der Waals surface area contributed by atoms with Crippen molar-refractivity contribution in [1.29, 1.82) is 0 Å². The van der Waals surface area contributed by atoms with Crippen LogP contribution < -0.4 is 11.1 Å². The Morgan fingerprint density at radius 3 is 2.54 bits per heavy atom. The number of nitrogens with two attached hydrogens (primary N) is 1. The monoisotopic (exact) mass is 350 g/mol. The Bertz CT molecular complexity index is 948. The van der Waals surface area contributed by atoms with E-state index in [2.05, 4.69) is 15.3 Å². The van der Waals surface area contributed by atoms with Crippen molar-refractivity contribution in [2.45, 2.75) is 13.0 Å². The second-order valence-electron chi connectivity index (χ2n) is 5.89. The van der Waals surface area contributed by atoms with Crippen molar-refractivity contribution in [2.75, 3.05) is 5.32 Å². The summed E-state index contributed by atoms with van der Waals surface area (Å²) in [6, 6.07) is 9.84. The van der Waals surface area contributed by atoms with Gasteiger partial charge in [-0.1, -0.05) is 6.07 Å². The Morgan fingerprint density at radius 1 is 1.19 bits per heavy atom. The fourth-order valence-corrected chi connectivity index (χ4v) is 2.66. The standard InChI is InChI=1S/C19H18N4O3/c1-11(20)15-3-2-12(18(24)23-14-4-6-21-7-5-14)8-16(15)13-9-17(19(25)26)22-10-13/h2-11,22H,20H2,1H3,(H,25,26)(H,21,23,24). The molecule has 0 aliphatic rings. The number of pyridine rings is 1. The molecule has 5 N–H and O–H groups in total. The lowest BCUT2D eigenvalue weighted by Crippen LogP contribution is -2.13. The number of aromatic nitrogens is 2. The summed E-state index contributed by atoms with van der Waals surface area (Å²) in [5, 5.41) is 11.9. The maximum atomic E-state index is 12.5. The Kier molecular flexibility index (Phi) is 4.81. The van der Waals surface area contributed by atoms with Crippen molar-refractivity contribution >= 4 is 17.6 Å². The van der Waals surface area contributed by atoms with E-state index in [1.807, 2.05) is 6.92 Å². The Morgan fingerprint density at radius 2 is 1.92 bits per heavy atom. The third-order valence-electron chi connectivity index (χ3n) is 3.97. The Balaban J connectivity index is 1.98. The van der Waals surface area contributed by atoms with E-state index in [0.717, 1.165) is 5.56 Å². The Hall–Kier alpha value is -3.45. The summed E-state index contributed by atoms with van der Waals surface area (Å²) in [6.07, 6.45) is 4.77. The van der Waals surface area contributed by atoms with Crippen molar-refractivity contribution in [1.82, 2.24) is 9.97 Å².